The second-order valence-electron chi connectivity index (χ2n) is 3.48. The Kier molecular flexibility index (Phi) is 3.28. The van der Waals surface area contributed by atoms with Crippen molar-refractivity contribution in [2.45, 2.75) is 26.7 Å². The molecule has 0 heterocycles. The molecule has 4 heteroatoms. The second-order valence-corrected chi connectivity index (χ2v) is 4.24. The summed E-state index contributed by atoms with van der Waals surface area (Å²) < 4.78 is 13.3. The average Bonchev–Trinajstić information content (AvgIpc) is 2.11. The van der Waals surface area contributed by atoms with Crippen molar-refractivity contribution in [2.75, 3.05) is 0 Å². The number of phenolic OH excluding ortho intramolecular Hbond substituents is 1. The molecule has 0 spiro atoms. The summed E-state index contributed by atoms with van der Waals surface area (Å²) in [6, 6.07) is 0. The molecule has 0 aliphatic heterocycles. The highest BCUT2D eigenvalue weighted by Crippen LogP contribution is 2.41. The highest BCUT2D eigenvalue weighted by atomic mass is 35.5. The van der Waals surface area contributed by atoms with E-state index in [0.717, 1.165) is 0 Å². The van der Waals surface area contributed by atoms with Crippen LogP contribution in [0.15, 0.2) is 0 Å². The third-order valence-electron chi connectivity index (χ3n) is 2.14. The Hall–Kier alpha value is -0.470. The maximum absolute atomic E-state index is 13.3. The van der Waals surface area contributed by atoms with E-state index >= 15 is 0 Å². The van der Waals surface area contributed by atoms with Crippen molar-refractivity contribution in [3.8, 4) is 5.75 Å². The Balaban J connectivity index is 3.60. The van der Waals surface area contributed by atoms with Gasteiger partial charge in [0.25, 0.3) is 0 Å². The minimum Gasteiger partial charge on any atom is -0.507 e. The van der Waals surface area contributed by atoms with E-state index in [4.69, 9.17) is 23.2 Å². The molecule has 0 saturated carbocycles. The molecule has 0 fully saturated rings. The molecular weight excluding hydrogens is 226 g/mol. The van der Waals surface area contributed by atoms with Crippen LogP contribution in [0.1, 0.15) is 30.9 Å². The van der Waals surface area contributed by atoms with Crippen molar-refractivity contribution >= 4 is 23.2 Å². The van der Waals surface area contributed by atoms with Gasteiger partial charge in [-0.2, -0.15) is 0 Å². The van der Waals surface area contributed by atoms with Crippen molar-refractivity contribution in [3.63, 3.8) is 0 Å². The lowest BCUT2D eigenvalue weighted by Gasteiger charge is -2.15. The van der Waals surface area contributed by atoms with Crippen LogP contribution >= 0.6 is 23.2 Å². The lowest BCUT2D eigenvalue weighted by Crippen LogP contribution is -1.96. The molecule has 14 heavy (non-hydrogen) atoms. The van der Waals surface area contributed by atoms with Crippen molar-refractivity contribution in [3.05, 3.63) is 27.0 Å². The van der Waals surface area contributed by atoms with Gasteiger partial charge in [-0.15, -0.1) is 0 Å². The molecule has 0 atom stereocenters. The van der Waals surface area contributed by atoms with E-state index in [-0.39, 0.29) is 27.3 Å². The quantitative estimate of drug-likeness (QED) is 0.723. The summed E-state index contributed by atoms with van der Waals surface area (Å²) in [4.78, 5) is 0. The van der Waals surface area contributed by atoms with Gasteiger partial charge in [0.1, 0.15) is 11.6 Å². The van der Waals surface area contributed by atoms with Gasteiger partial charge in [-0.1, -0.05) is 37.0 Å². The van der Waals surface area contributed by atoms with Gasteiger partial charge in [-0.05, 0) is 12.8 Å². The van der Waals surface area contributed by atoms with E-state index in [1.807, 2.05) is 13.8 Å². The second kappa shape index (κ2) is 3.95. The van der Waals surface area contributed by atoms with E-state index in [9.17, 15) is 9.50 Å². The SMILES string of the molecule is Cc1c(O)c(C(C)C)c(Cl)c(Cl)c1F. The molecule has 0 radical (unpaired) electrons. The van der Waals surface area contributed by atoms with E-state index in [1.54, 1.807) is 0 Å². The highest BCUT2D eigenvalue weighted by molar-refractivity contribution is 6.42. The van der Waals surface area contributed by atoms with Gasteiger partial charge in [0.05, 0.1) is 10.0 Å². The first kappa shape index (κ1) is 11.6. The fraction of sp³-hybridized carbons (Fsp3) is 0.400. The zero-order chi connectivity index (χ0) is 11.0. The predicted molar refractivity (Wildman–Crippen MR) is 56.9 cm³/mol. The van der Waals surface area contributed by atoms with E-state index in [1.165, 1.54) is 6.92 Å². The molecule has 0 aromatic heterocycles. The Morgan fingerprint density at radius 2 is 1.71 bits per heavy atom. The third kappa shape index (κ3) is 1.69. The molecule has 1 nitrogen and oxygen atoms in total. The van der Waals surface area contributed by atoms with E-state index < -0.39 is 5.82 Å². The third-order valence-corrected chi connectivity index (χ3v) is 2.98. The summed E-state index contributed by atoms with van der Waals surface area (Å²) in [5, 5.41) is 9.65. The number of hydrogen-bond donors (Lipinski definition) is 1. The summed E-state index contributed by atoms with van der Waals surface area (Å²) in [6.07, 6.45) is 0. The topological polar surface area (TPSA) is 20.2 Å². The van der Waals surface area contributed by atoms with E-state index in [2.05, 4.69) is 0 Å². The monoisotopic (exact) mass is 236 g/mol. The highest BCUT2D eigenvalue weighted by Gasteiger charge is 2.21. The molecule has 1 aromatic carbocycles. The molecule has 0 saturated heterocycles. The zero-order valence-electron chi connectivity index (χ0n) is 8.16. The maximum atomic E-state index is 13.3. The van der Waals surface area contributed by atoms with Crippen LogP contribution in [0.2, 0.25) is 10.0 Å². The Labute approximate surface area is 92.5 Å². The summed E-state index contributed by atoms with van der Waals surface area (Å²) in [6.45, 7) is 5.18. The van der Waals surface area contributed by atoms with Crippen LogP contribution in [0.4, 0.5) is 4.39 Å². The number of phenols is 1. The van der Waals surface area contributed by atoms with Crippen LogP contribution in [0, 0.1) is 12.7 Å². The molecule has 1 N–H and O–H groups in total. The Morgan fingerprint density at radius 1 is 1.21 bits per heavy atom. The first-order valence-corrected chi connectivity index (χ1v) is 4.99. The maximum Gasteiger partial charge on any atom is 0.149 e. The molecule has 1 aromatic rings. The summed E-state index contributed by atoms with van der Waals surface area (Å²) in [5.74, 6) is -0.759. The normalized spacial score (nSPS) is 11.1. The van der Waals surface area contributed by atoms with Gasteiger partial charge in [-0.25, -0.2) is 4.39 Å². The smallest absolute Gasteiger partial charge is 0.149 e. The first-order valence-electron chi connectivity index (χ1n) is 4.23. The van der Waals surface area contributed by atoms with Crippen molar-refractivity contribution in [1.82, 2.24) is 0 Å². The van der Waals surface area contributed by atoms with Crippen molar-refractivity contribution in [2.24, 2.45) is 0 Å². The standard InChI is InChI=1S/C10H11Cl2FO/c1-4(2)6-7(11)8(12)9(13)5(3)10(6)14/h4,14H,1-3H3. The predicted octanol–water partition coefficient (Wildman–Crippen LogP) is 4.27. The minimum absolute atomic E-state index is 0.000648. The summed E-state index contributed by atoms with van der Waals surface area (Å²) in [5.41, 5.74) is 0.638. The number of halogens is 3. The fourth-order valence-electron chi connectivity index (χ4n) is 1.32. The van der Waals surface area contributed by atoms with Gasteiger partial charge in [-0.3, -0.25) is 0 Å². The molecule has 0 bridgehead atoms. The fourth-order valence-corrected chi connectivity index (χ4v) is 1.95. The Morgan fingerprint density at radius 3 is 2.14 bits per heavy atom. The van der Waals surface area contributed by atoms with Crippen LogP contribution < -0.4 is 0 Å². The van der Waals surface area contributed by atoms with Crippen molar-refractivity contribution < 1.29 is 9.50 Å². The Bertz CT molecular complexity index is 346. The number of hydrogen-bond acceptors (Lipinski definition) is 1. The van der Waals surface area contributed by atoms with Crippen LogP contribution in [-0.4, -0.2) is 5.11 Å². The number of aromatic hydroxyl groups is 1. The molecule has 0 aliphatic carbocycles. The molecule has 78 valence electrons. The van der Waals surface area contributed by atoms with Gasteiger partial charge in [0.15, 0.2) is 0 Å². The van der Waals surface area contributed by atoms with Crippen molar-refractivity contribution in [1.29, 1.82) is 0 Å². The molecule has 0 unspecified atom stereocenters. The lowest BCUT2D eigenvalue weighted by atomic mass is 9.99. The molecular formula is C10H11Cl2FO. The zero-order valence-corrected chi connectivity index (χ0v) is 9.67. The molecule has 0 amide bonds. The van der Waals surface area contributed by atoms with Crippen LogP contribution in [0.25, 0.3) is 0 Å². The van der Waals surface area contributed by atoms with Crippen LogP contribution in [0.3, 0.4) is 0 Å². The van der Waals surface area contributed by atoms with Gasteiger partial charge < -0.3 is 5.11 Å². The van der Waals surface area contributed by atoms with Gasteiger partial charge >= 0.3 is 0 Å². The lowest BCUT2D eigenvalue weighted by molar-refractivity contribution is 0.453. The first-order chi connectivity index (χ1) is 6.37. The number of rotatable bonds is 1. The summed E-state index contributed by atoms with van der Waals surface area (Å²) >= 11 is 11.5. The molecule has 1 rings (SSSR count). The van der Waals surface area contributed by atoms with E-state index in [0.29, 0.717) is 5.56 Å². The summed E-state index contributed by atoms with van der Waals surface area (Å²) in [7, 11) is 0. The molecule has 0 aliphatic rings. The van der Waals surface area contributed by atoms with Crippen LogP contribution in [0.5, 0.6) is 5.75 Å². The number of benzene rings is 1. The largest absolute Gasteiger partial charge is 0.507 e. The van der Waals surface area contributed by atoms with Gasteiger partial charge in [0.2, 0.25) is 0 Å². The van der Waals surface area contributed by atoms with Gasteiger partial charge in [0, 0.05) is 11.1 Å². The average molecular weight is 237 g/mol. The minimum atomic E-state index is -0.654. The van der Waals surface area contributed by atoms with Crippen LogP contribution in [-0.2, 0) is 0 Å².